The first-order valence-electron chi connectivity index (χ1n) is 9.29. The highest BCUT2D eigenvalue weighted by molar-refractivity contribution is 5.81. The molecule has 2 fully saturated rings. The van der Waals surface area contributed by atoms with Crippen LogP contribution >= 0.6 is 0 Å². The molecule has 1 saturated carbocycles. The lowest BCUT2D eigenvalue weighted by Gasteiger charge is -2.36. The third-order valence-electron chi connectivity index (χ3n) is 5.64. The second-order valence-corrected chi connectivity index (χ2v) is 7.40. The van der Waals surface area contributed by atoms with Crippen molar-refractivity contribution in [3.8, 4) is 0 Å². The zero-order valence-electron chi connectivity index (χ0n) is 13.9. The summed E-state index contributed by atoms with van der Waals surface area (Å²) in [6.45, 7) is 3.85. The number of H-pyrrole nitrogens is 1. The zero-order chi connectivity index (χ0) is 15.5. The van der Waals surface area contributed by atoms with Gasteiger partial charge in [-0.15, -0.1) is 0 Å². The second kappa shape index (κ2) is 6.91. The van der Waals surface area contributed by atoms with Gasteiger partial charge < -0.3 is 10.2 Å². The summed E-state index contributed by atoms with van der Waals surface area (Å²) in [7, 11) is 0. The summed E-state index contributed by atoms with van der Waals surface area (Å²) in [4.78, 5) is 2.70. The van der Waals surface area contributed by atoms with Crippen molar-refractivity contribution in [3.05, 3.63) is 24.4 Å². The molecule has 1 aliphatic carbocycles. The third kappa shape index (κ3) is 3.69. The van der Waals surface area contributed by atoms with E-state index in [0.717, 1.165) is 11.4 Å². The number of benzene rings is 1. The first kappa shape index (κ1) is 15.0. The summed E-state index contributed by atoms with van der Waals surface area (Å²) < 4.78 is 0. The number of likely N-dealkylation sites (tertiary alicyclic amines) is 1. The molecule has 1 aromatic heterocycles. The first-order valence-corrected chi connectivity index (χ1v) is 9.29. The summed E-state index contributed by atoms with van der Waals surface area (Å²) >= 11 is 0. The predicted molar refractivity (Wildman–Crippen MR) is 95.8 cm³/mol. The zero-order valence-corrected chi connectivity index (χ0v) is 13.9. The second-order valence-electron chi connectivity index (χ2n) is 7.40. The highest BCUT2D eigenvalue weighted by Gasteiger charge is 2.22. The predicted octanol–water partition coefficient (Wildman–Crippen LogP) is 4.02. The molecule has 0 unspecified atom stereocenters. The smallest absolute Gasteiger partial charge is 0.0651 e. The van der Waals surface area contributed by atoms with E-state index in [1.807, 2.05) is 6.20 Å². The molecule has 2 aromatic rings. The number of aromatic nitrogens is 2. The number of piperidine rings is 1. The molecule has 1 saturated heterocycles. The van der Waals surface area contributed by atoms with Crippen molar-refractivity contribution in [1.82, 2.24) is 15.1 Å². The van der Waals surface area contributed by atoms with Gasteiger partial charge in [-0.25, -0.2) is 0 Å². The maximum absolute atomic E-state index is 4.10. The molecule has 23 heavy (non-hydrogen) atoms. The number of fused-ring (bicyclic) bond motifs is 1. The first-order chi connectivity index (χ1) is 11.4. The molecule has 0 spiro atoms. The molecule has 0 atom stereocenters. The van der Waals surface area contributed by atoms with Crippen LogP contribution in [0.15, 0.2) is 24.4 Å². The van der Waals surface area contributed by atoms with Gasteiger partial charge in [-0.05, 0) is 49.8 Å². The molecular formula is C19H28N4. The minimum Gasteiger partial charge on any atom is -0.382 e. The fourth-order valence-corrected chi connectivity index (χ4v) is 4.26. The highest BCUT2D eigenvalue weighted by Crippen LogP contribution is 2.26. The molecule has 4 rings (SSSR count). The average molecular weight is 312 g/mol. The average Bonchev–Trinajstić information content (AvgIpc) is 3.05. The Balaban J connectivity index is 1.27. The molecule has 4 heteroatoms. The van der Waals surface area contributed by atoms with Crippen molar-refractivity contribution in [2.75, 3.05) is 25.0 Å². The number of hydrogen-bond donors (Lipinski definition) is 2. The Morgan fingerprint density at radius 3 is 2.74 bits per heavy atom. The summed E-state index contributed by atoms with van der Waals surface area (Å²) in [5, 5.41) is 12.0. The molecule has 0 amide bonds. The van der Waals surface area contributed by atoms with Crippen LogP contribution in [0.1, 0.15) is 44.9 Å². The largest absolute Gasteiger partial charge is 0.382 e. The van der Waals surface area contributed by atoms with Crippen molar-refractivity contribution in [1.29, 1.82) is 0 Å². The van der Waals surface area contributed by atoms with E-state index in [2.05, 4.69) is 38.6 Å². The van der Waals surface area contributed by atoms with Gasteiger partial charge in [-0.1, -0.05) is 19.3 Å². The van der Waals surface area contributed by atoms with Gasteiger partial charge in [0.1, 0.15) is 0 Å². The SMILES string of the molecule is c1cc2[nH]ncc2cc1NC1CCN(CC2CCCCC2)CC1. The van der Waals surface area contributed by atoms with Crippen LogP contribution in [0.5, 0.6) is 0 Å². The van der Waals surface area contributed by atoms with E-state index in [0.29, 0.717) is 6.04 Å². The van der Waals surface area contributed by atoms with Crippen molar-refractivity contribution in [2.24, 2.45) is 5.92 Å². The number of hydrogen-bond acceptors (Lipinski definition) is 3. The third-order valence-corrected chi connectivity index (χ3v) is 5.64. The fraction of sp³-hybridized carbons (Fsp3) is 0.632. The standard InChI is InChI=1S/C19H28N4/c1-2-4-15(5-3-1)14-23-10-8-17(9-11-23)21-18-6-7-19-16(12-18)13-20-22-19/h6-7,12-13,15,17,21H,1-5,8-11,14H2,(H,20,22). The van der Waals surface area contributed by atoms with Crippen LogP contribution in [-0.4, -0.2) is 40.8 Å². The maximum Gasteiger partial charge on any atom is 0.0651 e. The fourth-order valence-electron chi connectivity index (χ4n) is 4.26. The van der Waals surface area contributed by atoms with E-state index in [9.17, 15) is 0 Å². The van der Waals surface area contributed by atoms with Crippen LogP contribution in [0.3, 0.4) is 0 Å². The number of rotatable bonds is 4. The van der Waals surface area contributed by atoms with Gasteiger partial charge in [-0.3, -0.25) is 5.10 Å². The number of nitrogens with one attached hydrogen (secondary N) is 2. The summed E-state index contributed by atoms with van der Waals surface area (Å²) in [5.74, 6) is 0.969. The van der Waals surface area contributed by atoms with E-state index in [-0.39, 0.29) is 0 Å². The van der Waals surface area contributed by atoms with E-state index < -0.39 is 0 Å². The van der Waals surface area contributed by atoms with Gasteiger partial charge in [0.25, 0.3) is 0 Å². The normalized spacial score (nSPS) is 21.7. The Morgan fingerprint density at radius 1 is 1.09 bits per heavy atom. The monoisotopic (exact) mass is 312 g/mol. The maximum atomic E-state index is 4.10. The summed E-state index contributed by atoms with van der Waals surface area (Å²) in [6.07, 6.45) is 11.7. The quantitative estimate of drug-likeness (QED) is 0.896. The van der Waals surface area contributed by atoms with Crippen LogP contribution in [0, 0.1) is 5.92 Å². The van der Waals surface area contributed by atoms with Gasteiger partial charge in [0, 0.05) is 36.7 Å². The number of aromatic amines is 1. The number of nitrogens with zero attached hydrogens (tertiary/aromatic N) is 2. The minimum absolute atomic E-state index is 0.613. The Bertz CT molecular complexity index is 621. The van der Waals surface area contributed by atoms with Crippen LogP contribution in [0.4, 0.5) is 5.69 Å². The van der Waals surface area contributed by atoms with Gasteiger partial charge >= 0.3 is 0 Å². The van der Waals surface area contributed by atoms with Gasteiger partial charge in [-0.2, -0.15) is 5.10 Å². The molecule has 124 valence electrons. The molecule has 2 heterocycles. The lowest BCUT2D eigenvalue weighted by molar-refractivity contribution is 0.168. The van der Waals surface area contributed by atoms with E-state index in [1.165, 1.54) is 75.7 Å². The summed E-state index contributed by atoms with van der Waals surface area (Å²) in [6, 6.07) is 7.09. The van der Waals surface area contributed by atoms with Crippen molar-refractivity contribution < 1.29 is 0 Å². The lowest BCUT2D eigenvalue weighted by atomic mass is 9.88. The van der Waals surface area contributed by atoms with Gasteiger partial charge in [0.05, 0.1) is 11.7 Å². The van der Waals surface area contributed by atoms with Gasteiger partial charge in [0.15, 0.2) is 0 Å². The van der Waals surface area contributed by atoms with Gasteiger partial charge in [0.2, 0.25) is 0 Å². The van der Waals surface area contributed by atoms with Crippen LogP contribution in [0.25, 0.3) is 10.9 Å². The molecule has 0 bridgehead atoms. The van der Waals surface area contributed by atoms with Crippen molar-refractivity contribution >= 4 is 16.6 Å². The molecule has 4 nitrogen and oxygen atoms in total. The van der Waals surface area contributed by atoms with E-state index in [4.69, 9.17) is 0 Å². The highest BCUT2D eigenvalue weighted by atomic mass is 15.1. The summed E-state index contributed by atoms with van der Waals surface area (Å²) in [5.41, 5.74) is 2.34. The Kier molecular flexibility index (Phi) is 4.51. The van der Waals surface area contributed by atoms with Crippen molar-refractivity contribution in [3.63, 3.8) is 0 Å². The van der Waals surface area contributed by atoms with Crippen LogP contribution in [-0.2, 0) is 0 Å². The molecule has 1 aliphatic heterocycles. The van der Waals surface area contributed by atoms with E-state index >= 15 is 0 Å². The molecule has 0 radical (unpaired) electrons. The Labute approximate surface area is 138 Å². The number of anilines is 1. The minimum atomic E-state index is 0.613. The topological polar surface area (TPSA) is 44.0 Å². The Morgan fingerprint density at radius 2 is 1.91 bits per heavy atom. The van der Waals surface area contributed by atoms with E-state index in [1.54, 1.807) is 0 Å². The molecular weight excluding hydrogens is 284 g/mol. The van der Waals surface area contributed by atoms with Crippen molar-refractivity contribution in [2.45, 2.75) is 51.0 Å². The molecule has 2 aliphatic rings. The Hall–Kier alpha value is -1.55. The lowest BCUT2D eigenvalue weighted by Crippen LogP contribution is -2.41. The molecule has 2 N–H and O–H groups in total. The van der Waals surface area contributed by atoms with Crippen LogP contribution in [0.2, 0.25) is 0 Å². The molecule has 1 aromatic carbocycles. The van der Waals surface area contributed by atoms with Crippen LogP contribution < -0.4 is 5.32 Å².